The summed E-state index contributed by atoms with van der Waals surface area (Å²) in [5.41, 5.74) is 0.745. The highest BCUT2D eigenvalue weighted by Gasteiger charge is 2.18. The van der Waals surface area contributed by atoms with Crippen molar-refractivity contribution in [2.75, 3.05) is 0 Å². The minimum absolute atomic E-state index is 0.0205. The maximum Gasteiger partial charge on any atom is 0.261 e. The van der Waals surface area contributed by atoms with Crippen molar-refractivity contribution in [2.24, 2.45) is 0 Å². The minimum Gasteiger partial charge on any atom is -0.292 e. The molecular weight excluding hydrogens is 284 g/mol. The van der Waals surface area contributed by atoms with Crippen LogP contribution in [-0.2, 0) is 0 Å². The van der Waals surface area contributed by atoms with Crippen molar-refractivity contribution in [3.8, 4) is 0 Å². The molecule has 1 aromatic heterocycles. The molecule has 1 heterocycles. The largest absolute Gasteiger partial charge is 0.292 e. The second kappa shape index (κ2) is 7.08. The maximum absolute atomic E-state index is 12.8. The van der Waals surface area contributed by atoms with Crippen LogP contribution in [0.4, 0.5) is 0 Å². The molecule has 0 radical (unpaired) electrons. The summed E-state index contributed by atoms with van der Waals surface area (Å²) in [6.45, 7) is 6.13. The summed E-state index contributed by atoms with van der Waals surface area (Å²) in [6.07, 6.45) is 4.46. The van der Waals surface area contributed by atoms with Crippen molar-refractivity contribution in [3.63, 3.8) is 0 Å². The lowest BCUT2D eigenvalue weighted by Gasteiger charge is -2.21. The average Bonchev–Trinajstić information content (AvgIpc) is 2.47. The van der Waals surface area contributed by atoms with Crippen molar-refractivity contribution in [1.29, 1.82) is 0 Å². The number of rotatable bonds is 6. The van der Waals surface area contributed by atoms with E-state index in [9.17, 15) is 4.79 Å². The van der Waals surface area contributed by atoms with Gasteiger partial charge in [0.15, 0.2) is 0 Å². The molecule has 0 aliphatic heterocycles. The van der Waals surface area contributed by atoms with Gasteiger partial charge in [0.25, 0.3) is 5.56 Å². The van der Waals surface area contributed by atoms with Crippen molar-refractivity contribution in [3.05, 3.63) is 40.4 Å². The molecule has 0 aliphatic carbocycles. The molecule has 0 saturated carbocycles. The number of hydrogen-bond donors (Lipinski definition) is 0. The van der Waals surface area contributed by atoms with Gasteiger partial charge >= 0.3 is 0 Å². The van der Waals surface area contributed by atoms with E-state index < -0.39 is 0 Å². The number of alkyl halides is 1. The van der Waals surface area contributed by atoms with Crippen LogP contribution < -0.4 is 5.56 Å². The quantitative estimate of drug-likeness (QED) is 0.565. The maximum atomic E-state index is 12.8. The van der Waals surface area contributed by atoms with Gasteiger partial charge in [0.2, 0.25) is 0 Å². The summed E-state index contributed by atoms with van der Waals surface area (Å²) in [4.78, 5) is 17.4. The van der Waals surface area contributed by atoms with Crippen molar-refractivity contribution >= 4 is 22.5 Å². The molecule has 2 rings (SSSR count). The van der Waals surface area contributed by atoms with Gasteiger partial charge < -0.3 is 0 Å². The lowest BCUT2D eigenvalue weighted by atomic mass is 10.1. The van der Waals surface area contributed by atoms with Gasteiger partial charge in [-0.05, 0) is 32.4 Å². The normalized spacial score (nSPS) is 14.3. The topological polar surface area (TPSA) is 34.9 Å². The Morgan fingerprint density at radius 1 is 1.24 bits per heavy atom. The van der Waals surface area contributed by atoms with Crippen LogP contribution in [0.2, 0.25) is 0 Å². The zero-order valence-electron chi connectivity index (χ0n) is 13.0. The first-order chi connectivity index (χ1) is 10.1. The van der Waals surface area contributed by atoms with Crippen LogP contribution in [0.15, 0.2) is 29.1 Å². The molecule has 1 aromatic carbocycles. The predicted molar refractivity (Wildman–Crippen MR) is 89.1 cm³/mol. The molecule has 0 saturated heterocycles. The fourth-order valence-electron chi connectivity index (χ4n) is 2.69. The molecule has 2 atom stereocenters. The third kappa shape index (κ3) is 3.46. The summed E-state index contributed by atoms with van der Waals surface area (Å²) in [6, 6.07) is 7.60. The first kappa shape index (κ1) is 16.0. The van der Waals surface area contributed by atoms with E-state index >= 15 is 0 Å². The Kier molecular flexibility index (Phi) is 5.40. The highest BCUT2D eigenvalue weighted by molar-refractivity contribution is 6.20. The lowest BCUT2D eigenvalue weighted by Crippen LogP contribution is -2.28. The molecule has 0 N–H and O–H groups in total. The van der Waals surface area contributed by atoms with Crippen LogP contribution in [0.1, 0.15) is 63.7 Å². The molecule has 0 bridgehead atoms. The monoisotopic (exact) mass is 306 g/mol. The molecule has 4 heteroatoms. The van der Waals surface area contributed by atoms with Crippen molar-refractivity contribution < 1.29 is 0 Å². The fraction of sp³-hybridized carbons (Fsp3) is 0.529. The van der Waals surface area contributed by atoms with Crippen LogP contribution in [0, 0.1) is 0 Å². The summed E-state index contributed by atoms with van der Waals surface area (Å²) in [7, 11) is 0. The van der Waals surface area contributed by atoms with E-state index in [0.717, 1.165) is 18.4 Å². The molecule has 21 heavy (non-hydrogen) atoms. The summed E-state index contributed by atoms with van der Waals surface area (Å²) >= 11 is 6.26. The van der Waals surface area contributed by atoms with Crippen LogP contribution in [0.3, 0.4) is 0 Å². The predicted octanol–water partition coefficient (Wildman–Crippen LogP) is 4.84. The highest BCUT2D eigenvalue weighted by atomic mass is 35.5. The second-order valence-corrected chi connectivity index (χ2v) is 6.28. The van der Waals surface area contributed by atoms with Crippen LogP contribution in [0.5, 0.6) is 0 Å². The number of para-hydroxylation sites is 1. The van der Waals surface area contributed by atoms with Crippen molar-refractivity contribution in [1.82, 2.24) is 9.55 Å². The van der Waals surface area contributed by atoms with E-state index in [1.807, 2.05) is 31.2 Å². The lowest BCUT2D eigenvalue weighted by molar-refractivity contribution is 0.447. The van der Waals surface area contributed by atoms with Gasteiger partial charge in [-0.25, -0.2) is 4.98 Å². The van der Waals surface area contributed by atoms with Gasteiger partial charge in [0, 0.05) is 6.04 Å². The zero-order valence-corrected chi connectivity index (χ0v) is 13.7. The average molecular weight is 307 g/mol. The fourth-order valence-corrected chi connectivity index (χ4v) is 2.84. The van der Waals surface area contributed by atoms with E-state index in [0.29, 0.717) is 11.2 Å². The third-order valence-electron chi connectivity index (χ3n) is 3.86. The number of halogens is 1. The first-order valence-electron chi connectivity index (χ1n) is 7.71. The third-order valence-corrected chi connectivity index (χ3v) is 4.05. The Morgan fingerprint density at radius 2 is 1.95 bits per heavy atom. The van der Waals surface area contributed by atoms with E-state index in [-0.39, 0.29) is 17.0 Å². The standard InChI is InChI=1S/C17H23ClN2O/c1-4-5-6-9-12(2)20-16(13(3)18)19-15-11-8-7-10-14(15)17(20)21/h7-8,10-13H,4-6,9H2,1-3H3. The molecule has 0 fully saturated rings. The van der Waals surface area contributed by atoms with Crippen LogP contribution >= 0.6 is 11.6 Å². The number of fused-ring (bicyclic) bond motifs is 1. The molecular formula is C17H23ClN2O. The molecule has 2 aromatic rings. The van der Waals surface area contributed by atoms with Gasteiger partial charge in [-0.2, -0.15) is 0 Å². The molecule has 0 spiro atoms. The van der Waals surface area contributed by atoms with E-state index in [4.69, 9.17) is 11.6 Å². The Morgan fingerprint density at radius 3 is 2.62 bits per heavy atom. The van der Waals surface area contributed by atoms with E-state index in [2.05, 4.69) is 18.8 Å². The van der Waals surface area contributed by atoms with Gasteiger partial charge in [-0.15, -0.1) is 11.6 Å². The van der Waals surface area contributed by atoms with Crippen LogP contribution in [0.25, 0.3) is 10.9 Å². The van der Waals surface area contributed by atoms with E-state index in [1.165, 1.54) is 12.8 Å². The molecule has 0 aliphatic rings. The van der Waals surface area contributed by atoms with Gasteiger partial charge in [-0.3, -0.25) is 9.36 Å². The second-order valence-electron chi connectivity index (χ2n) is 5.62. The summed E-state index contributed by atoms with van der Waals surface area (Å²) < 4.78 is 1.79. The number of aromatic nitrogens is 2. The summed E-state index contributed by atoms with van der Waals surface area (Å²) in [5, 5.41) is 0.386. The zero-order chi connectivity index (χ0) is 15.4. The number of nitrogens with zero attached hydrogens (tertiary/aromatic N) is 2. The molecule has 114 valence electrons. The van der Waals surface area contributed by atoms with E-state index in [1.54, 1.807) is 4.57 Å². The van der Waals surface area contributed by atoms with Crippen LogP contribution in [-0.4, -0.2) is 9.55 Å². The Hall–Kier alpha value is -1.35. The number of benzene rings is 1. The SMILES string of the molecule is CCCCCC(C)n1c(C(C)Cl)nc2ccccc2c1=O. The molecule has 0 amide bonds. The number of hydrogen-bond acceptors (Lipinski definition) is 2. The Bertz CT molecular complexity index is 663. The molecule has 3 nitrogen and oxygen atoms in total. The molecule has 2 unspecified atom stereocenters. The summed E-state index contributed by atoms with van der Waals surface area (Å²) in [5.74, 6) is 0.671. The highest BCUT2D eigenvalue weighted by Crippen LogP contribution is 2.24. The van der Waals surface area contributed by atoms with Crippen molar-refractivity contribution in [2.45, 2.75) is 57.9 Å². The smallest absolute Gasteiger partial charge is 0.261 e. The number of unbranched alkanes of at least 4 members (excludes halogenated alkanes) is 2. The van der Waals surface area contributed by atoms with Gasteiger partial charge in [0.1, 0.15) is 5.82 Å². The minimum atomic E-state index is -0.282. The Labute approximate surface area is 131 Å². The van der Waals surface area contributed by atoms with Gasteiger partial charge in [-0.1, -0.05) is 38.3 Å². The Balaban J connectivity index is 2.51. The first-order valence-corrected chi connectivity index (χ1v) is 8.15. The van der Waals surface area contributed by atoms with Gasteiger partial charge in [0.05, 0.1) is 16.3 Å².